The van der Waals surface area contributed by atoms with Crippen molar-refractivity contribution >= 4 is 15.9 Å². The Morgan fingerprint density at radius 1 is 1.64 bits per heavy atom. The molecule has 0 aromatic heterocycles. The van der Waals surface area contributed by atoms with Crippen LogP contribution in [-0.4, -0.2) is 21.1 Å². The van der Waals surface area contributed by atoms with Crippen molar-refractivity contribution in [2.75, 3.05) is 5.33 Å². The Morgan fingerprint density at radius 2 is 2.18 bits per heavy atom. The summed E-state index contributed by atoms with van der Waals surface area (Å²) in [6.45, 7) is 3.59. The molecule has 0 bridgehead atoms. The first kappa shape index (κ1) is 11.0. The van der Waals surface area contributed by atoms with E-state index in [-0.39, 0.29) is 5.76 Å². The largest absolute Gasteiger partial charge is 0.510 e. The first-order chi connectivity index (χ1) is 5.04. The van der Waals surface area contributed by atoms with Crippen LogP contribution >= 0.6 is 15.9 Å². The van der Waals surface area contributed by atoms with Crippen molar-refractivity contribution in [1.29, 1.82) is 0 Å². The molecule has 0 amide bonds. The van der Waals surface area contributed by atoms with Gasteiger partial charge in [0.1, 0.15) is 11.4 Å². The molecule has 1 atom stereocenters. The second kappa shape index (κ2) is 4.78. The standard InChI is InChI=1S/C8H15BrO2/c1-3-4-5-7(10)8(2,11)6-9/h5,10-11H,3-4,6H2,1-2H3/b7-5+/t8-/m0/s1. The Labute approximate surface area is 76.1 Å². The SMILES string of the molecule is CCC/C=C(/O)[C@@](C)(O)CBr. The molecule has 2 N–H and O–H groups in total. The van der Waals surface area contributed by atoms with Gasteiger partial charge in [0.05, 0.1) is 0 Å². The van der Waals surface area contributed by atoms with E-state index in [2.05, 4.69) is 15.9 Å². The zero-order chi connectivity index (χ0) is 8.91. The van der Waals surface area contributed by atoms with Crippen LogP contribution in [0, 0.1) is 0 Å². The van der Waals surface area contributed by atoms with Crippen LogP contribution in [0.2, 0.25) is 0 Å². The summed E-state index contributed by atoms with van der Waals surface area (Å²) in [6.07, 6.45) is 3.43. The highest BCUT2D eigenvalue weighted by Gasteiger charge is 2.23. The molecule has 0 aromatic carbocycles. The van der Waals surface area contributed by atoms with Gasteiger partial charge in [0.15, 0.2) is 0 Å². The predicted molar refractivity (Wildman–Crippen MR) is 50.0 cm³/mol. The first-order valence-electron chi connectivity index (χ1n) is 3.72. The van der Waals surface area contributed by atoms with Gasteiger partial charge in [-0.3, -0.25) is 0 Å². The summed E-state index contributed by atoms with van der Waals surface area (Å²) in [5.74, 6) is 0.0521. The lowest BCUT2D eigenvalue weighted by Gasteiger charge is -2.19. The molecule has 0 saturated carbocycles. The predicted octanol–water partition coefficient (Wildman–Crippen LogP) is 2.37. The zero-order valence-electron chi connectivity index (χ0n) is 6.97. The maximum absolute atomic E-state index is 9.45. The summed E-state index contributed by atoms with van der Waals surface area (Å²) >= 11 is 3.11. The Morgan fingerprint density at radius 3 is 2.55 bits per heavy atom. The molecule has 0 heterocycles. The Hall–Kier alpha value is -0.0200. The fourth-order valence-electron chi connectivity index (χ4n) is 0.569. The molecular weight excluding hydrogens is 208 g/mol. The smallest absolute Gasteiger partial charge is 0.128 e. The number of hydrogen-bond donors (Lipinski definition) is 2. The average molecular weight is 223 g/mol. The van der Waals surface area contributed by atoms with Gasteiger partial charge in [-0.1, -0.05) is 29.3 Å². The third-order valence-electron chi connectivity index (χ3n) is 1.44. The number of aliphatic hydroxyl groups is 2. The number of alkyl halides is 1. The van der Waals surface area contributed by atoms with E-state index in [9.17, 15) is 10.2 Å². The van der Waals surface area contributed by atoms with E-state index in [1.54, 1.807) is 13.0 Å². The quantitative estimate of drug-likeness (QED) is 0.567. The minimum Gasteiger partial charge on any atom is -0.510 e. The van der Waals surface area contributed by atoms with Crippen molar-refractivity contribution in [2.45, 2.75) is 32.3 Å². The van der Waals surface area contributed by atoms with Gasteiger partial charge >= 0.3 is 0 Å². The molecule has 0 spiro atoms. The van der Waals surface area contributed by atoms with Crippen LogP contribution in [0.15, 0.2) is 11.8 Å². The summed E-state index contributed by atoms with van der Waals surface area (Å²) in [5.41, 5.74) is -1.12. The Bertz CT molecular complexity index is 141. The van der Waals surface area contributed by atoms with Crippen molar-refractivity contribution in [1.82, 2.24) is 0 Å². The summed E-state index contributed by atoms with van der Waals surface area (Å²) in [6, 6.07) is 0. The van der Waals surface area contributed by atoms with Crippen LogP contribution in [0.5, 0.6) is 0 Å². The van der Waals surface area contributed by atoms with Crippen molar-refractivity contribution in [3.63, 3.8) is 0 Å². The third kappa shape index (κ3) is 3.77. The number of rotatable bonds is 4. The molecule has 0 saturated heterocycles. The lowest BCUT2D eigenvalue weighted by molar-refractivity contribution is 0.0760. The van der Waals surface area contributed by atoms with Crippen LogP contribution in [0.3, 0.4) is 0 Å². The Kier molecular flexibility index (Phi) is 4.77. The van der Waals surface area contributed by atoms with E-state index >= 15 is 0 Å². The topological polar surface area (TPSA) is 40.5 Å². The zero-order valence-corrected chi connectivity index (χ0v) is 8.56. The number of allylic oxidation sites excluding steroid dienone is 1. The summed E-state index contributed by atoms with van der Waals surface area (Å²) < 4.78 is 0. The van der Waals surface area contributed by atoms with Gasteiger partial charge in [-0.2, -0.15) is 0 Å². The molecule has 66 valence electrons. The molecule has 0 unspecified atom stereocenters. The molecule has 0 aliphatic heterocycles. The summed E-state index contributed by atoms with van der Waals surface area (Å²) in [4.78, 5) is 0. The van der Waals surface area contributed by atoms with Crippen molar-refractivity contribution in [3.05, 3.63) is 11.8 Å². The molecular formula is C8H15BrO2. The number of unbranched alkanes of at least 4 members (excludes halogenated alkanes) is 1. The molecule has 11 heavy (non-hydrogen) atoms. The van der Waals surface area contributed by atoms with E-state index in [0.717, 1.165) is 12.8 Å². The molecule has 3 heteroatoms. The molecule has 2 nitrogen and oxygen atoms in total. The first-order valence-corrected chi connectivity index (χ1v) is 4.84. The lowest BCUT2D eigenvalue weighted by atomic mass is 10.1. The van der Waals surface area contributed by atoms with E-state index in [1.165, 1.54) is 0 Å². The average Bonchev–Trinajstić information content (AvgIpc) is 2.00. The van der Waals surface area contributed by atoms with Gasteiger partial charge in [0.25, 0.3) is 0 Å². The molecule has 0 aliphatic rings. The summed E-state index contributed by atoms with van der Waals surface area (Å²) in [7, 11) is 0. The van der Waals surface area contributed by atoms with Gasteiger partial charge in [-0.25, -0.2) is 0 Å². The number of hydrogen-bond acceptors (Lipinski definition) is 2. The van der Waals surface area contributed by atoms with E-state index < -0.39 is 5.60 Å². The highest BCUT2D eigenvalue weighted by Crippen LogP contribution is 2.16. The van der Waals surface area contributed by atoms with Crippen molar-refractivity contribution in [3.8, 4) is 0 Å². The molecule has 0 aromatic rings. The fraction of sp³-hybridized carbons (Fsp3) is 0.750. The normalized spacial score (nSPS) is 18.0. The van der Waals surface area contributed by atoms with Gasteiger partial charge in [0.2, 0.25) is 0 Å². The fourth-order valence-corrected chi connectivity index (χ4v) is 0.857. The van der Waals surface area contributed by atoms with E-state index in [1.807, 2.05) is 6.92 Å². The number of aliphatic hydroxyl groups excluding tert-OH is 1. The highest BCUT2D eigenvalue weighted by molar-refractivity contribution is 9.09. The van der Waals surface area contributed by atoms with Crippen molar-refractivity contribution < 1.29 is 10.2 Å². The van der Waals surface area contributed by atoms with Crippen LogP contribution < -0.4 is 0 Å². The third-order valence-corrected chi connectivity index (χ3v) is 2.53. The molecule has 0 rings (SSSR count). The van der Waals surface area contributed by atoms with E-state index in [4.69, 9.17) is 0 Å². The molecule has 0 aliphatic carbocycles. The maximum Gasteiger partial charge on any atom is 0.128 e. The van der Waals surface area contributed by atoms with Gasteiger partial charge in [-0.15, -0.1) is 0 Å². The highest BCUT2D eigenvalue weighted by atomic mass is 79.9. The minimum atomic E-state index is -1.12. The maximum atomic E-state index is 9.45. The van der Waals surface area contributed by atoms with Gasteiger partial charge < -0.3 is 10.2 Å². The van der Waals surface area contributed by atoms with Crippen LogP contribution in [0.1, 0.15) is 26.7 Å². The van der Waals surface area contributed by atoms with Crippen LogP contribution in [0.4, 0.5) is 0 Å². The van der Waals surface area contributed by atoms with Crippen LogP contribution in [-0.2, 0) is 0 Å². The minimum absolute atomic E-state index is 0.0521. The van der Waals surface area contributed by atoms with E-state index in [0.29, 0.717) is 5.33 Å². The lowest BCUT2D eigenvalue weighted by Crippen LogP contribution is -2.28. The second-order valence-corrected chi connectivity index (χ2v) is 3.35. The van der Waals surface area contributed by atoms with Gasteiger partial charge in [0, 0.05) is 5.33 Å². The molecule has 0 radical (unpaired) electrons. The molecule has 0 fully saturated rings. The second-order valence-electron chi connectivity index (χ2n) is 2.79. The number of halogens is 1. The Balaban J connectivity index is 4.09. The van der Waals surface area contributed by atoms with Crippen molar-refractivity contribution in [2.24, 2.45) is 0 Å². The van der Waals surface area contributed by atoms with Gasteiger partial charge in [-0.05, 0) is 19.4 Å². The summed E-state index contributed by atoms with van der Waals surface area (Å²) in [5, 5.41) is 19.1. The van der Waals surface area contributed by atoms with Crippen LogP contribution in [0.25, 0.3) is 0 Å². The monoisotopic (exact) mass is 222 g/mol.